The van der Waals surface area contributed by atoms with Crippen molar-refractivity contribution < 1.29 is 23.7 Å². The fourth-order valence-electron chi connectivity index (χ4n) is 0.899. The Hall–Kier alpha value is -0.590. The summed E-state index contributed by atoms with van der Waals surface area (Å²) in [6, 6.07) is 0. The highest BCUT2D eigenvalue weighted by Gasteiger charge is 2.22. The molecule has 0 aromatic heterocycles. The number of carboxylic acid groups (broad SMARTS) is 1. The van der Waals surface area contributed by atoms with E-state index in [0.717, 1.165) is 12.8 Å². The third kappa shape index (κ3) is 11.5. The summed E-state index contributed by atoms with van der Waals surface area (Å²) in [7, 11) is 1.02. The Labute approximate surface area is 95.6 Å². The zero-order valence-corrected chi connectivity index (χ0v) is 10.4. The fourth-order valence-corrected chi connectivity index (χ4v) is 1.40. The van der Waals surface area contributed by atoms with E-state index in [1.807, 2.05) is 0 Å². The number of unbranched alkanes of at least 4 members (excludes halogenated alkanes) is 2. The molecule has 0 aromatic carbocycles. The van der Waals surface area contributed by atoms with Crippen molar-refractivity contribution in [2.24, 2.45) is 0 Å². The van der Waals surface area contributed by atoms with Crippen LogP contribution in [0, 0.1) is 0 Å². The summed E-state index contributed by atoms with van der Waals surface area (Å²) >= 11 is 0. The van der Waals surface area contributed by atoms with Crippen molar-refractivity contribution in [1.29, 1.82) is 0 Å². The van der Waals surface area contributed by atoms with Crippen LogP contribution < -0.4 is 5.48 Å². The van der Waals surface area contributed by atoms with E-state index >= 15 is 0 Å². The molecular weight excluding hydrogens is 235 g/mol. The van der Waals surface area contributed by atoms with Gasteiger partial charge in [-0.15, -0.1) is 10.5 Å². The predicted molar refractivity (Wildman–Crippen MR) is 57.6 cm³/mol. The SMILES string of the molecule is CN(C)O[P+](=O)ONCCCCCC(=O)O. The molecule has 16 heavy (non-hydrogen) atoms. The van der Waals surface area contributed by atoms with Gasteiger partial charge in [0.05, 0.1) is 0 Å². The lowest BCUT2D eigenvalue weighted by Crippen LogP contribution is -2.15. The largest absolute Gasteiger partial charge is 0.735 e. The van der Waals surface area contributed by atoms with Gasteiger partial charge in [-0.3, -0.25) is 4.79 Å². The first-order chi connectivity index (χ1) is 7.52. The molecule has 0 heterocycles. The maximum Gasteiger partial charge on any atom is 0.735 e. The third-order valence-electron chi connectivity index (χ3n) is 1.54. The number of nitrogens with one attached hydrogen (secondary N) is 1. The number of carbonyl (C=O) groups is 1. The highest BCUT2D eigenvalue weighted by molar-refractivity contribution is 7.33. The lowest BCUT2D eigenvalue weighted by molar-refractivity contribution is -0.137. The van der Waals surface area contributed by atoms with E-state index in [4.69, 9.17) is 5.11 Å². The Balaban J connectivity index is 3.20. The molecule has 1 atom stereocenters. The lowest BCUT2D eigenvalue weighted by atomic mass is 10.2. The highest BCUT2D eigenvalue weighted by atomic mass is 31.1. The average Bonchev–Trinajstić information content (AvgIpc) is 2.14. The smallest absolute Gasteiger partial charge is 0.481 e. The minimum Gasteiger partial charge on any atom is -0.481 e. The van der Waals surface area contributed by atoms with E-state index in [1.165, 1.54) is 5.06 Å². The molecule has 0 amide bonds. The van der Waals surface area contributed by atoms with Gasteiger partial charge in [-0.2, -0.15) is 0 Å². The fraction of sp³-hybridized carbons (Fsp3) is 0.875. The van der Waals surface area contributed by atoms with Crippen molar-refractivity contribution in [1.82, 2.24) is 10.5 Å². The van der Waals surface area contributed by atoms with Crippen molar-refractivity contribution in [2.75, 3.05) is 20.6 Å². The van der Waals surface area contributed by atoms with Crippen LogP contribution >= 0.6 is 8.25 Å². The van der Waals surface area contributed by atoms with Crippen LogP contribution in [0.3, 0.4) is 0 Å². The number of nitrogens with zero attached hydrogens (tertiary/aromatic N) is 1. The van der Waals surface area contributed by atoms with Gasteiger partial charge >= 0.3 is 14.2 Å². The van der Waals surface area contributed by atoms with Gasteiger partial charge in [0.15, 0.2) is 0 Å². The molecule has 0 fully saturated rings. The first-order valence-corrected chi connectivity index (χ1v) is 6.06. The average molecular weight is 253 g/mol. The van der Waals surface area contributed by atoms with Crippen molar-refractivity contribution in [3.8, 4) is 0 Å². The van der Waals surface area contributed by atoms with Crippen molar-refractivity contribution in [2.45, 2.75) is 25.7 Å². The van der Waals surface area contributed by atoms with Crippen LogP contribution in [-0.2, 0) is 18.6 Å². The molecule has 0 bridgehead atoms. The topological polar surface area (TPSA) is 88.1 Å². The van der Waals surface area contributed by atoms with Gasteiger partial charge in [0, 0.05) is 31.6 Å². The second kappa shape index (κ2) is 9.62. The molecule has 2 N–H and O–H groups in total. The van der Waals surface area contributed by atoms with Gasteiger partial charge in [0.25, 0.3) is 0 Å². The summed E-state index contributed by atoms with van der Waals surface area (Å²) in [5.74, 6) is -0.785. The Morgan fingerprint density at radius 3 is 2.62 bits per heavy atom. The number of hydroxylamine groups is 3. The maximum absolute atomic E-state index is 11.0. The van der Waals surface area contributed by atoms with Crippen LogP contribution in [0.2, 0.25) is 0 Å². The Kier molecular flexibility index (Phi) is 9.27. The molecule has 0 rings (SSSR count). The van der Waals surface area contributed by atoms with Crippen LogP contribution in [0.5, 0.6) is 0 Å². The number of hydrogen-bond acceptors (Lipinski definition) is 6. The minimum absolute atomic E-state index is 0.179. The first-order valence-electron chi connectivity index (χ1n) is 4.96. The molecule has 8 heteroatoms. The molecule has 94 valence electrons. The minimum atomic E-state index is -2.18. The van der Waals surface area contributed by atoms with Gasteiger partial charge in [0.2, 0.25) is 0 Å². The van der Waals surface area contributed by atoms with Crippen molar-refractivity contribution >= 4 is 14.2 Å². The van der Waals surface area contributed by atoms with E-state index in [0.29, 0.717) is 13.0 Å². The van der Waals surface area contributed by atoms with Crippen LogP contribution in [0.4, 0.5) is 0 Å². The molecule has 0 aromatic rings. The van der Waals surface area contributed by atoms with Crippen molar-refractivity contribution in [3.05, 3.63) is 0 Å². The van der Waals surface area contributed by atoms with Crippen LogP contribution in [-0.4, -0.2) is 36.8 Å². The molecular formula is C8H18N2O5P+. The van der Waals surface area contributed by atoms with Gasteiger partial charge in [-0.05, 0) is 22.1 Å². The Morgan fingerprint density at radius 1 is 1.38 bits per heavy atom. The summed E-state index contributed by atoms with van der Waals surface area (Å²) in [6.45, 7) is 0.511. The molecule has 0 saturated carbocycles. The van der Waals surface area contributed by atoms with Crippen LogP contribution in [0.25, 0.3) is 0 Å². The van der Waals surface area contributed by atoms with E-state index in [2.05, 4.69) is 14.7 Å². The number of aliphatic carboxylic acids is 1. The molecule has 1 unspecified atom stereocenters. The molecule has 0 aliphatic heterocycles. The summed E-state index contributed by atoms with van der Waals surface area (Å²) in [6.07, 6.45) is 2.36. The normalized spacial score (nSPS) is 11.8. The molecule has 0 aliphatic rings. The molecule has 0 saturated heterocycles. The Bertz CT molecular complexity index is 224. The van der Waals surface area contributed by atoms with Gasteiger partial charge in [0.1, 0.15) is 0 Å². The van der Waals surface area contributed by atoms with E-state index in [1.54, 1.807) is 14.1 Å². The monoisotopic (exact) mass is 253 g/mol. The molecule has 0 radical (unpaired) electrons. The summed E-state index contributed by atoms with van der Waals surface area (Å²) in [5, 5.41) is 9.66. The number of rotatable bonds is 10. The second-order valence-electron chi connectivity index (χ2n) is 3.31. The Morgan fingerprint density at radius 2 is 2.06 bits per heavy atom. The number of carboxylic acids is 1. The summed E-state index contributed by atoms with van der Waals surface area (Å²) in [4.78, 5) is 10.2. The van der Waals surface area contributed by atoms with Crippen LogP contribution in [0.15, 0.2) is 0 Å². The van der Waals surface area contributed by atoms with Crippen LogP contribution in [0.1, 0.15) is 25.7 Å². The molecule has 0 aliphatic carbocycles. The van der Waals surface area contributed by atoms with E-state index in [9.17, 15) is 9.36 Å². The third-order valence-corrected chi connectivity index (χ3v) is 2.28. The quantitative estimate of drug-likeness (QED) is 0.344. The zero-order chi connectivity index (χ0) is 12.4. The van der Waals surface area contributed by atoms with Gasteiger partial charge in [-0.25, -0.2) is 0 Å². The predicted octanol–water partition coefficient (Wildman–Crippen LogP) is 1.30. The maximum atomic E-state index is 11.0. The van der Waals surface area contributed by atoms with E-state index in [-0.39, 0.29) is 6.42 Å². The van der Waals surface area contributed by atoms with Gasteiger partial charge in [-0.1, -0.05) is 6.42 Å². The summed E-state index contributed by atoms with van der Waals surface area (Å²) < 4.78 is 20.3. The first kappa shape index (κ1) is 15.4. The summed E-state index contributed by atoms with van der Waals surface area (Å²) in [5.41, 5.74) is 2.50. The van der Waals surface area contributed by atoms with E-state index < -0.39 is 14.2 Å². The second-order valence-corrected chi connectivity index (χ2v) is 4.10. The molecule has 7 nitrogen and oxygen atoms in total. The van der Waals surface area contributed by atoms with Gasteiger partial charge < -0.3 is 5.11 Å². The van der Waals surface area contributed by atoms with Crippen molar-refractivity contribution in [3.63, 3.8) is 0 Å². The molecule has 0 spiro atoms. The lowest BCUT2D eigenvalue weighted by Gasteiger charge is -1.99. The zero-order valence-electron chi connectivity index (χ0n) is 9.51. The highest BCUT2D eigenvalue weighted by Crippen LogP contribution is 2.21. The standard InChI is InChI=1S/C8H17N2O5P/c1-10(2)15-16(13)14-9-7-5-3-4-6-8(11)12/h9H,3-7H2,1-2H3/p+1. The number of hydrogen-bond donors (Lipinski definition) is 2.